The van der Waals surface area contributed by atoms with Gasteiger partial charge in [0.25, 0.3) is 5.69 Å². The molecule has 3 N–H and O–H groups in total. The van der Waals surface area contributed by atoms with Gasteiger partial charge in [-0.3, -0.25) is 14.9 Å². The Balaban J connectivity index is 3.06. The molecule has 19 heavy (non-hydrogen) atoms. The van der Waals surface area contributed by atoms with E-state index in [1.807, 2.05) is 0 Å². The van der Waals surface area contributed by atoms with Gasteiger partial charge < -0.3 is 15.7 Å². The van der Waals surface area contributed by atoms with Crippen molar-refractivity contribution in [1.82, 2.24) is 0 Å². The van der Waals surface area contributed by atoms with E-state index in [4.69, 9.17) is 5.11 Å². The highest BCUT2D eigenvalue weighted by Crippen LogP contribution is 2.30. The molecule has 0 aliphatic heterocycles. The number of amides is 1. The van der Waals surface area contributed by atoms with Crippen LogP contribution in [0.25, 0.3) is 0 Å². The van der Waals surface area contributed by atoms with Crippen molar-refractivity contribution in [2.24, 2.45) is 0 Å². The Labute approximate surface area is 108 Å². The Morgan fingerprint density at radius 2 is 2.16 bits per heavy atom. The van der Waals surface area contributed by atoms with E-state index in [9.17, 15) is 19.3 Å². The van der Waals surface area contributed by atoms with Crippen molar-refractivity contribution in [2.75, 3.05) is 23.8 Å². The zero-order valence-corrected chi connectivity index (χ0v) is 10.3. The third kappa shape index (κ3) is 4.18. The Morgan fingerprint density at radius 1 is 1.47 bits per heavy atom. The number of nitro groups is 1. The molecule has 0 heterocycles. The van der Waals surface area contributed by atoms with Crippen LogP contribution >= 0.6 is 0 Å². The van der Waals surface area contributed by atoms with Gasteiger partial charge in [0.2, 0.25) is 5.91 Å². The molecule has 0 unspecified atom stereocenters. The Morgan fingerprint density at radius 3 is 2.68 bits per heavy atom. The fourth-order valence-corrected chi connectivity index (χ4v) is 1.44. The Bertz CT molecular complexity index is 493. The fourth-order valence-electron chi connectivity index (χ4n) is 1.44. The SMILES string of the molecule is CC(=O)Nc1cc(NCCCO)c(F)cc1[N+](=O)[O-]. The lowest BCUT2D eigenvalue weighted by molar-refractivity contribution is -0.384. The van der Waals surface area contributed by atoms with Crippen molar-refractivity contribution < 1.29 is 19.2 Å². The van der Waals surface area contributed by atoms with Crippen LogP contribution in [-0.2, 0) is 4.79 Å². The van der Waals surface area contributed by atoms with E-state index in [1.54, 1.807) is 0 Å². The molecule has 0 aliphatic carbocycles. The highest BCUT2D eigenvalue weighted by atomic mass is 19.1. The molecule has 0 aromatic heterocycles. The molecule has 0 atom stereocenters. The van der Waals surface area contributed by atoms with Crippen LogP contribution in [0.3, 0.4) is 0 Å². The molecule has 0 spiro atoms. The molecule has 0 fully saturated rings. The molecule has 104 valence electrons. The van der Waals surface area contributed by atoms with Crippen LogP contribution in [0.2, 0.25) is 0 Å². The van der Waals surface area contributed by atoms with Gasteiger partial charge in [-0.25, -0.2) is 4.39 Å². The minimum Gasteiger partial charge on any atom is -0.396 e. The number of benzene rings is 1. The van der Waals surface area contributed by atoms with Crippen molar-refractivity contribution in [1.29, 1.82) is 0 Å². The lowest BCUT2D eigenvalue weighted by atomic mass is 10.2. The zero-order valence-electron chi connectivity index (χ0n) is 10.3. The summed E-state index contributed by atoms with van der Waals surface area (Å²) in [7, 11) is 0. The summed E-state index contributed by atoms with van der Waals surface area (Å²) in [5, 5.41) is 24.3. The number of hydrogen-bond donors (Lipinski definition) is 3. The van der Waals surface area contributed by atoms with E-state index in [0.717, 1.165) is 12.1 Å². The minimum absolute atomic E-state index is 0.0304. The van der Waals surface area contributed by atoms with Crippen molar-refractivity contribution in [3.05, 3.63) is 28.1 Å². The highest BCUT2D eigenvalue weighted by molar-refractivity contribution is 5.92. The summed E-state index contributed by atoms with van der Waals surface area (Å²) in [6.45, 7) is 1.46. The smallest absolute Gasteiger partial charge is 0.295 e. The monoisotopic (exact) mass is 271 g/mol. The maximum absolute atomic E-state index is 13.6. The van der Waals surface area contributed by atoms with Gasteiger partial charge in [0.1, 0.15) is 5.69 Å². The number of aliphatic hydroxyl groups is 1. The van der Waals surface area contributed by atoms with Crippen molar-refractivity contribution in [3.8, 4) is 0 Å². The molecule has 0 aliphatic rings. The third-order valence-corrected chi connectivity index (χ3v) is 2.24. The van der Waals surface area contributed by atoms with Gasteiger partial charge in [-0.1, -0.05) is 0 Å². The van der Waals surface area contributed by atoms with Gasteiger partial charge in [-0.05, 0) is 12.5 Å². The fraction of sp³-hybridized carbons (Fsp3) is 0.364. The lowest BCUT2D eigenvalue weighted by Crippen LogP contribution is -2.11. The minimum atomic E-state index is -0.793. The Kier molecular flexibility index (Phi) is 5.19. The van der Waals surface area contributed by atoms with Crippen LogP contribution in [0, 0.1) is 15.9 Å². The molecule has 0 saturated carbocycles. The highest BCUT2D eigenvalue weighted by Gasteiger charge is 2.19. The normalized spacial score (nSPS) is 10.1. The molecule has 1 aromatic rings. The predicted octanol–water partition coefficient (Wildman–Crippen LogP) is 1.49. The first kappa shape index (κ1) is 14.8. The number of nitrogens with one attached hydrogen (secondary N) is 2. The topological polar surface area (TPSA) is 104 Å². The molecule has 7 nitrogen and oxygen atoms in total. The van der Waals surface area contributed by atoms with Gasteiger partial charge in [-0.15, -0.1) is 0 Å². The van der Waals surface area contributed by atoms with E-state index >= 15 is 0 Å². The van der Waals surface area contributed by atoms with Crippen molar-refractivity contribution in [2.45, 2.75) is 13.3 Å². The number of anilines is 2. The first-order valence-corrected chi connectivity index (χ1v) is 5.56. The van der Waals surface area contributed by atoms with Crippen LogP contribution in [-0.4, -0.2) is 29.1 Å². The summed E-state index contributed by atoms with van der Waals surface area (Å²) in [5.74, 6) is -1.28. The van der Waals surface area contributed by atoms with Crippen LogP contribution in [0.15, 0.2) is 12.1 Å². The first-order chi connectivity index (χ1) is 8.95. The maximum atomic E-state index is 13.6. The number of aliphatic hydroxyl groups excluding tert-OH is 1. The average Bonchev–Trinajstić information content (AvgIpc) is 2.32. The third-order valence-electron chi connectivity index (χ3n) is 2.24. The number of carbonyl (C=O) groups is 1. The second kappa shape index (κ2) is 6.64. The lowest BCUT2D eigenvalue weighted by Gasteiger charge is -2.10. The average molecular weight is 271 g/mol. The first-order valence-electron chi connectivity index (χ1n) is 5.56. The molecular formula is C11H14FN3O4. The molecule has 1 amide bonds. The van der Waals surface area contributed by atoms with E-state index in [1.165, 1.54) is 6.92 Å². The van der Waals surface area contributed by atoms with Crippen LogP contribution in [0.4, 0.5) is 21.5 Å². The molecule has 0 saturated heterocycles. The summed E-state index contributed by atoms with van der Waals surface area (Å²) in [5.41, 5.74) is -0.561. The molecular weight excluding hydrogens is 257 g/mol. The number of hydrogen-bond acceptors (Lipinski definition) is 5. The second-order valence-electron chi connectivity index (χ2n) is 3.79. The summed E-state index contributed by atoms with van der Waals surface area (Å²) < 4.78 is 13.6. The van der Waals surface area contributed by atoms with Gasteiger partial charge in [-0.2, -0.15) is 0 Å². The number of nitrogens with zero attached hydrogens (tertiary/aromatic N) is 1. The number of halogens is 1. The second-order valence-corrected chi connectivity index (χ2v) is 3.79. The van der Waals surface area contributed by atoms with E-state index in [0.29, 0.717) is 13.0 Å². The van der Waals surface area contributed by atoms with Crippen LogP contribution in [0.1, 0.15) is 13.3 Å². The largest absolute Gasteiger partial charge is 0.396 e. The number of nitro benzene ring substituents is 1. The molecule has 0 radical (unpaired) electrons. The number of rotatable bonds is 6. The van der Waals surface area contributed by atoms with E-state index in [-0.39, 0.29) is 18.0 Å². The van der Waals surface area contributed by atoms with Gasteiger partial charge >= 0.3 is 0 Å². The molecule has 1 aromatic carbocycles. The summed E-state index contributed by atoms with van der Waals surface area (Å²) in [4.78, 5) is 21.0. The summed E-state index contributed by atoms with van der Waals surface area (Å²) in [6, 6.07) is 1.90. The quantitative estimate of drug-likeness (QED) is 0.413. The molecule has 0 bridgehead atoms. The summed E-state index contributed by atoms with van der Waals surface area (Å²) >= 11 is 0. The van der Waals surface area contributed by atoms with Gasteiger partial charge in [0.05, 0.1) is 16.7 Å². The maximum Gasteiger partial charge on any atom is 0.295 e. The molecule has 1 rings (SSSR count). The van der Waals surface area contributed by atoms with Crippen molar-refractivity contribution >= 4 is 23.0 Å². The van der Waals surface area contributed by atoms with Crippen LogP contribution < -0.4 is 10.6 Å². The van der Waals surface area contributed by atoms with Crippen molar-refractivity contribution in [3.63, 3.8) is 0 Å². The van der Waals surface area contributed by atoms with Gasteiger partial charge in [0.15, 0.2) is 5.82 Å². The predicted molar refractivity (Wildman–Crippen MR) is 67.6 cm³/mol. The standard InChI is InChI=1S/C11H14FN3O4/c1-7(17)14-10-6-9(13-3-2-4-16)8(12)5-11(10)15(18)19/h5-6,13,16H,2-4H2,1H3,(H,14,17). The van der Waals surface area contributed by atoms with E-state index in [2.05, 4.69) is 10.6 Å². The zero-order chi connectivity index (χ0) is 14.4. The van der Waals surface area contributed by atoms with Gasteiger partial charge in [0, 0.05) is 20.1 Å². The van der Waals surface area contributed by atoms with E-state index < -0.39 is 22.3 Å². The summed E-state index contributed by atoms with van der Waals surface area (Å²) in [6.07, 6.45) is 0.409. The van der Waals surface area contributed by atoms with Crippen LogP contribution in [0.5, 0.6) is 0 Å². The Hall–Kier alpha value is -2.22. The number of carbonyl (C=O) groups excluding carboxylic acids is 1. The molecule has 8 heteroatoms.